The molecule has 0 amide bonds. The van der Waals surface area contributed by atoms with E-state index in [-0.39, 0.29) is 11.2 Å². The first-order valence-electron chi connectivity index (χ1n) is 11.5. The van der Waals surface area contributed by atoms with Crippen molar-refractivity contribution in [2.45, 2.75) is 72.4 Å². The molecule has 2 aromatic heterocycles. The van der Waals surface area contributed by atoms with E-state index in [1.807, 2.05) is 4.57 Å². The third kappa shape index (κ3) is 3.82. The second-order valence-electron chi connectivity index (χ2n) is 8.72. The van der Waals surface area contributed by atoms with Gasteiger partial charge in [0.15, 0.2) is 11.2 Å². The summed E-state index contributed by atoms with van der Waals surface area (Å²) >= 11 is 0. The summed E-state index contributed by atoms with van der Waals surface area (Å²) in [4.78, 5) is 33.1. The van der Waals surface area contributed by atoms with E-state index >= 15 is 0 Å². The highest BCUT2D eigenvalue weighted by Gasteiger charge is 2.28. The standard InChI is InChI=1S/C24H33N5O2/c1-5-6-7-8-9-10-13-29-22(30)20-21(26(4)24(29)31)25-23-27(14-15-28(20)23)19-12-11-17(2)18(3)16-19/h11-12,16H,5-10,13-15H2,1-4H3. The number of hydrogen-bond donors (Lipinski definition) is 0. The molecule has 0 N–H and O–H groups in total. The van der Waals surface area contributed by atoms with E-state index in [0.717, 1.165) is 37.4 Å². The van der Waals surface area contributed by atoms with Gasteiger partial charge in [-0.25, -0.2) is 4.79 Å². The lowest BCUT2D eigenvalue weighted by molar-refractivity contribution is 0.526. The van der Waals surface area contributed by atoms with E-state index in [0.29, 0.717) is 24.3 Å². The minimum absolute atomic E-state index is 0.215. The molecular weight excluding hydrogens is 390 g/mol. The van der Waals surface area contributed by atoms with Crippen molar-refractivity contribution in [2.24, 2.45) is 7.05 Å². The van der Waals surface area contributed by atoms with E-state index in [1.54, 1.807) is 7.05 Å². The van der Waals surface area contributed by atoms with Crippen molar-refractivity contribution in [1.29, 1.82) is 0 Å². The number of unbranched alkanes of at least 4 members (excludes halogenated alkanes) is 5. The summed E-state index contributed by atoms with van der Waals surface area (Å²) in [6.07, 6.45) is 6.71. The van der Waals surface area contributed by atoms with Gasteiger partial charge in [0, 0.05) is 32.4 Å². The van der Waals surface area contributed by atoms with Crippen molar-refractivity contribution in [1.82, 2.24) is 18.7 Å². The van der Waals surface area contributed by atoms with Gasteiger partial charge >= 0.3 is 5.69 Å². The predicted octanol–water partition coefficient (Wildman–Crippen LogP) is 4.03. The molecule has 1 aliphatic heterocycles. The summed E-state index contributed by atoms with van der Waals surface area (Å²) in [5.74, 6) is 0.739. The molecule has 3 heterocycles. The zero-order valence-electron chi connectivity index (χ0n) is 19.1. The lowest BCUT2D eigenvalue weighted by atomic mass is 10.1. The maximum Gasteiger partial charge on any atom is 0.332 e. The van der Waals surface area contributed by atoms with Crippen molar-refractivity contribution in [3.05, 3.63) is 50.2 Å². The fraction of sp³-hybridized carbons (Fsp3) is 0.542. The monoisotopic (exact) mass is 423 g/mol. The summed E-state index contributed by atoms with van der Waals surface area (Å²) < 4.78 is 4.90. The molecule has 1 aromatic carbocycles. The average Bonchev–Trinajstić information content (AvgIpc) is 3.32. The zero-order chi connectivity index (χ0) is 22.1. The molecule has 1 aliphatic rings. The molecule has 0 bridgehead atoms. The third-order valence-electron chi connectivity index (χ3n) is 6.54. The molecule has 31 heavy (non-hydrogen) atoms. The predicted molar refractivity (Wildman–Crippen MR) is 126 cm³/mol. The number of imidazole rings is 1. The normalized spacial score (nSPS) is 13.4. The highest BCUT2D eigenvalue weighted by molar-refractivity contribution is 5.77. The SMILES string of the molecule is CCCCCCCCn1c(=O)c2c(nc3n2CCN3c2ccc(C)c(C)c2)n(C)c1=O. The van der Waals surface area contributed by atoms with Crippen LogP contribution in [-0.4, -0.2) is 25.2 Å². The Morgan fingerprint density at radius 1 is 0.968 bits per heavy atom. The minimum Gasteiger partial charge on any atom is -0.310 e. The first-order chi connectivity index (χ1) is 14.9. The average molecular weight is 424 g/mol. The van der Waals surface area contributed by atoms with Gasteiger partial charge in [0.2, 0.25) is 5.95 Å². The van der Waals surface area contributed by atoms with Crippen LogP contribution in [0.25, 0.3) is 11.2 Å². The van der Waals surface area contributed by atoms with Crippen molar-refractivity contribution < 1.29 is 0 Å². The molecular formula is C24H33N5O2. The minimum atomic E-state index is -0.277. The molecule has 7 nitrogen and oxygen atoms in total. The van der Waals surface area contributed by atoms with E-state index in [2.05, 4.69) is 43.9 Å². The van der Waals surface area contributed by atoms with Crippen LogP contribution in [0.4, 0.5) is 11.6 Å². The molecule has 0 atom stereocenters. The summed E-state index contributed by atoms with van der Waals surface area (Å²) in [5.41, 5.74) is 4.05. The van der Waals surface area contributed by atoms with Gasteiger partial charge in [0.25, 0.3) is 5.56 Å². The molecule has 3 aromatic rings. The third-order valence-corrected chi connectivity index (χ3v) is 6.54. The molecule has 0 aliphatic carbocycles. The number of aryl methyl sites for hydroxylation is 3. The smallest absolute Gasteiger partial charge is 0.310 e. The molecule has 166 valence electrons. The number of benzene rings is 1. The van der Waals surface area contributed by atoms with Crippen LogP contribution < -0.4 is 16.1 Å². The van der Waals surface area contributed by atoms with Crippen molar-refractivity contribution in [2.75, 3.05) is 11.4 Å². The van der Waals surface area contributed by atoms with Crippen molar-refractivity contribution in [3.8, 4) is 0 Å². The van der Waals surface area contributed by atoms with E-state index in [9.17, 15) is 9.59 Å². The van der Waals surface area contributed by atoms with Gasteiger partial charge in [0.1, 0.15) is 0 Å². The molecule has 0 unspecified atom stereocenters. The van der Waals surface area contributed by atoms with E-state index < -0.39 is 0 Å². The Morgan fingerprint density at radius 2 is 1.71 bits per heavy atom. The van der Waals surface area contributed by atoms with Crippen LogP contribution in [0.2, 0.25) is 0 Å². The lowest BCUT2D eigenvalue weighted by Gasteiger charge is -2.17. The Bertz CT molecular complexity index is 1220. The zero-order valence-corrected chi connectivity index (χ0v) is 19.1. The fourth-order valence-electron chi connectivity index (χ4n) is 4.46. The van der Waals surface area contributed by atoms with Gasteiger partial charge in [-0.1, -0.05) is 45.1 Å². The second kappa shape index (κ2) is 8.73. The number of rotatable bonds is 8. The van der Waals surface area contributed by atoms with E-state index in [1.165, 1.54) is 39.5 Å². The van der Waals surface area contributed by atoms with Crippen molar-refractivity contribution >= 4 is 22.8 Å². The highest BCUT2D eigenvalue weighted by atomic mass is 16.2. The van der Waals surface area contributed by atoms with Crippen LogP contribution in [0.5, 0.6) is 0 Å². The molecule has 0 saturated heterocycles. The van der Waals surface area contributed by atoms with E-state index in [4.69, 9.17) is 4.98 Å². The van der Waals surface area contributed by atoms with Crippen LogP contribution in [0, 0.1) is 13.8 Å². The van der Waals surface area contributed by atoms with Gasteiger partial charge < -0.3 is 9.47 Å². The van der Waals surface area contributed by atoms with Gasteiger partial charge in [0.05, 0.1) is 0 Å². The molecule has 4 rings (SSSR count). The molecule has 0 fully saturated rings. The summed E-state index contributed by atoms with van der Waals surface area (Å²) in [6.45, 7) is 8.31. The quantitative estimate of drug-likeness (QED) is 0.513. The van der Waals surface area contributed by atoms with Crippen LogP contribution in [0.3, 0.4) is 0 Å². The molecule has 0 spiro atoms. The highest BCUT2D eigenvalue weighted by Crippen LogP contribution is 2.32. The van der Waals surface area contributed by atoms with Gasteiger partial charge in [-0.05, 0) is 43.5 Å². The van der Waals surface area contributed by atoms with Crippen LogP contribution in [-0.2, 0) is 20.1 Å². The Labute approximate surface area is 182 Å². The summed E-state index contributed by atoms with van der Waals surface area (Å²) in [5, 5.41) is 0. The summed E-state index contributed by atoms with van der Waals surface area (Å²) in [6, 6.07) is 6.35. The van der Waals surface area contributed by atoms with Gasteiger partial charge in [-0.15, -0.1) is 0 Å². The number of nitrogens with zero attached hydrogens (tertiary/aromatic N) is 5. The lowest BCUT2D eigenvalue weighted by Crippen LogP contribution is -2.39. The first kappa shape index (κ1) is 21.4. The Balaban J connectivity index is 1.68. The maximum atomic E-state index is 13.3. The molecule has 7 heteroatoms. The Kier molecular flexibility index (Phi) is 6.03. The number of aromatic nitrogens is 4. The van der Waals surface area contributed by atoms with Crippen LogP contribution >= 0.6 is 0 Å². The largest absolute Gasteiger partial charge is 0.332 e. The number of anilines is 2. The van der Waals surface area contributed by atoms with Crippen LogP contribution in [0.15, 0.2) is 27.8 Å². The first-order valence-corrected chi connectivity index (χ1v) is 11.5. The summed E-state index contributed by atoms with van der Waals surface area (Å²) in [7, 11) is 1.71. The number of hydrogen-bond acceptors (Lipinski definition) is 4. The van der Waals surface area contributed by atoms with Crippen LogP contribution in [0.1, 0.15) is 56.6 Å². The molecule has 0 saturated carbocycles. The fourth-order valence-corrected chi connectivity index (χ4v) is 4.46. The Morgan fingerprint density at radius 3 is 2.45 bits per heavy atom. The van der Waals surface area contributed by atoms with Gasteiger partial charge in [-0.2, -0.15) is 4.98 Å². The molecule has 0 radical (unpaired) electrons. The number of fused-ring (bicyclic) bond motifs is 3. The Hall–Kier alpha value is -2.83. The topological polar surface area (TPSA) is 65.1 Å². The van der Waals surface area contributed by atoms with Gasteiger partial charge in [-0.3, -0.25) is 13.9 Å². The second-order valence-corrected chi connectivity index (χ2v) is 8.72. The maximum absolute atomic E-state index is 13.3. The van der Waals surface area contributed by atoms with Crippen molar-refractivity contribution in [3.63, 3.8) is 0 Å².